The van der Waals surface area contributed by atoms with Crippen molar-refractivity contribution in [2.75, 3.05) is 13.2 Å². The minimum Gasteiger partial charge on any atom is -0.484 e. The first kappa shape index (κ1) is 17.7. The summed E-state index contributed by atoms with van der Waals surface area (Å²) in [6.45, 7) is 1.30. The van der Waals surface area contributed by atoms with E-state index in [0.717, 1.165) is 12.0 Å². The van der Waals surface area contributed by atoms with Crippen LogP contribution < -0.4 is 4.74 Å². The average molecular weight is 345 g/mol. The average Bonchev–Trinajstić information content (AvgIpc) is 2.71. The number of para-hydroxylation sites is 1. The number of hydrogen-bond donors (Lipinski definition) is 0. The lowest BCUT2D eigenvalue weighted by Crippen LogP contribution is -2.36. The fourth-order valence-electron chi connectivity index (χ4n) is 2.76. The number of amides is 1. The third-order valence-electron chi connectivity index (χ3n) is 4.19. The molecule has 0 spiro atoms. The molecule has 3 aromatic carbocycles. The van der Waals surface area contributed by atoms with Gasteiger partial charge in [0.15, 0.2) is 6.61 Å². The predicted octanol–water partition coefficient (Wildman–Crippen LogP) is 4.34. The molecular formula is C23H23NO2. The van der Waals surface area contributed by atoms with E-state index < -0.39 is 0 Å². The van der Waals surface area contributed by atoms with Crippen LogP contribution in [0.5, 0.6) is 5.75 Å². The number of ether oxygens (including phenoxy) is 1. The third kappa shape index (κ3) is 5.49. The van der Waals surface area contributed by atoms with Gasteiger partial charge in [0.2, 0.25) is 0 Å². The second-order valence-electron chi connectivity index (χ2n) is 6.14. The molecule has 0 aliphatic heterocycles. The zero-order chi connectivity index (χ0) is 18.0. The van der Waals surface area contributed by atoms with Gasteiger partial charge >= 0.3 is 0 Å². The van der Waals surface area contributed by atoms with Crippen LogP contribution in [-0.4, -0.2) is 24.0 Å². The van der Waals surface area contributed by atoms with Crippen LogP contribution in [0.3, 0.4) is 0 Å². The van der Waals surface area contributed by atoms with Gasteiger partial charge in [-0.15, -0.1) is 0 Å². The van der Waals surface area contributed by atoms with Crippen molar-refractivity contribution in [3.05, 3.63) is 102 Å². The van der Waals surface area contributed by atoms with Gasteiger partial charge in [-0.05, 0) is 29.7 Å². The molecule has 26 heavy (non-hydrogen) atoms. The molecule has 132 valence electrons. The normalized spacial score (nSPS) is 10.3. The minimum absolute atomic E-state index is 0.00589. The van der Waals surface area contributed by atoms with Crippen molar-refractivity contribution in [1.82, 2.24) is 4.90 Å². The van der Waals surface area contributed by atoms with Gasteiger partial charge in [-0.3, -0.25) is 4.79 Å². The molecule has 0 saturated heterocycles. The van der Waals surface area contributed by atoms with Crippen molar-refractivity contribution in [3.63, 3.8) is 0 Å². The minimum atomic E-state index is -0.00589. The van der Waals surface area contributed by atoms with Crippen molar-refractivity contribution < 1.29 is 9.53 Å². The molecule has 1 amide bonds. The highest BCUT2D eigenvalue weighted by Crippen LogP contribution is 2.11. The summed E-state index contributed by atoms with van der Waals surface area (Å²) >= 11 is 0. The topological polar surface area (TPSA) is 29.5 Å². The van der Waals surface area contributed by atoms with E-state index in [9.17, 15) is 4.79 Å². The first-order valence-corrected chi connectivity index (χ1v) is 8.85. The highest BCUT2D eigenvalue weighted by atomic mass is 16.5. The molecule has 3 nitrogen and oxygen atoms in total. The first-order valence-electron chi connectivity index (χ1n) is 8.85. The first-order chi connectivity index (χ1) is 12.8. The molecule has 0 unspecified atom stereocenters. The second kappa shape index (κ2) is 9.42. The van der Waals surface area contributed by atoms with Crippen LogP contribution >= 0.6 is 0 Å². The van der Waals surface area contributed by atoms with E-state index in [1.165, 1.54) is 5.56 Å². The molecule has 3 heteroatoms. The molecule has 3 aromatic rings. The fourth-order valence-corrected chi connectivity index (χ4v) is 2.76. The lowest BCUT2D eigenvalue weighted by atomic mass is 10.1. The second-order valence-corrected chi connectivity index (χ2v) is 6.14. The summed E-state index contributed by atoms with van der Waals surface area (Å²) < 4.78 is 5.65. The summed E-state index contributed by atoms with van der Waals surface area (Å²) in [6.07, 6.45) is 0.824. The largest absolute Gasteiger partial charge is 0.484 e. The molecule has 0 saturated carbocycles. The Morgan fingerprint density at radius 2 is 1.27 bits per heavy atom. The maximum atomic E-state index is 12.7. The van der Waals surface area contributed by atoms with Crippen LogP contribution in [0.1, 0.15) is 11.1 Å². The molecule has 0 fully saturated rings. The monoisotopic (exact) mass is 345 g/mol. The van der Waals surface area contributed by atoms with E-state index in [1.54, 1.807) is 0 Å². The molecule has 0 aliphatic carbocycles. The Bertz CT molecular complexity index is 788. The Labute approximate surface area is 154 Å². The zero-order valence-electron chi connectivity index (χ0n) is 14.8. The van der Waals surface area contributed by atoms with Crippen LogP contribution in [0.15, 0.2) is 91.0 Å². The molecule has 0 radical (unpaired) electrons. The number of rotatable bonds is 8. The van der Waals surface area contributed by atoms with Gasteiger partial charge in [0.05, 0.1) is 0 Å². The quantitative estimate of drug-likeness (QED) is 0.608. The SMILES string of the molecule is O=C(COc1ccccc1)N(CCc1ccccc1)Cc1ccccc1. The van der Waals surface area contributed by atoms with Crippen LogP contribution in [0.2, 0.25) is 0 Å². The summed E-state index contributed by atoms with van der Waals surface area (Å²) in [5, 5.41) is 0. The van der Waals surface area contributed by atoms with Gasteiger partial charge in [-0.25, -0.2) is 0 Å². The molecule has 0 atom stereocenters. The van der Waals surface area contributed by atoms with E-state index in [1.807, 2.05) is 83.8 Å². The standard InChI is InChI=1S/C23H23NO2/c25-23(19-26-22-14-8-3-9-15-22)24(18-21-12-6-2-7-13-21)17-16-20-10-4-1-5-11-20/h1-15H,16-19H2. The number of carbonyl (C=O) groups excluding carboxylic acids is 1. The van der Waals surface area contributed by atoms with Gasteiger partial charge in [-0.1, -0.05) is 78.9 Å². The third-order valence-corrected chi connectivity index (χ3v) is 4.19. The highest BCUT2D eigenvalue weighted by molar-refractivity contribution is 5.77. The Balaban J connectivity index is 1.63. The molecular weight excluding hydrogens is 322 g/mol. The predicted molar refractivity (Wildman–Crippen MR) is 104 cm³/mol. The van der Waals surface area contributed by atoms with Crippen molar-refractivity contribution >= 4 is 5.91 Å². The van der Waals surface area contributed by atoms with Crippen LogP contribution in [0.4, 0.5) is 0 Å². The Morgan fingerprint density at radius 1 is 0.731 bits per heavy atom. The Hall–Kier alpha value is -3.07. The molecule has 0 heterocycles. The Kier molecular flexibility index (Phi) is 6.43. The molecule has 0 aromatic heterocycles. The van der Waals surface area contributed by atoms with Crippen LogP contribution in [0, 0.1) is 0 Å². The fraction of sp³-hybridized carbons (Fsp3) is 0.174. The van der Waals surface area contributed by atoms with Crippen LogP contribution in [0.25, 0.3) is 0 Å². The summed E-state index contributed by atoms with van der Waals surface area (Å²) in [7, 11) is 0. The van der Waals surface area contributed by atoms with E-state index in [-0.39, 0.29) is 12.5 Å². The maximum absolute atomic E-state index is 12.7. The molecule has 3 rings (SSSR count). The summed E-state index contributed by atoms with van der Waals surface area (Å²) in [6, 6.07) is 29.7. The van der Waals surface area contributed by atoms with Gasteiger partial charge in [0, 0.05) is 13.1 Å². The van der Waals surface area contributed by atoms with Gasteiger partial charge in [0.1, 0.15) is 5.75 Å². The Morgan fingerprint density at radius 3 is 1.88 bits per heavy atom. The molecule has 0 aliphatic rings. The maximum Gasteiger partial charge on any atom is 0.260 e. The van der Waals surface area contributed by atoms with Gasteiger partial charge in [0.25, 0.3) is 5.91 Å². The van der Waals surface area contributed by atoms with Gasteiger partial charge < -0.3 is 9.64 Å². The molecule has 0 N–H and O–H groups in total. The van der Waals surface area contributed by atoms with E-state index in [0.29, 0.717) is 18.8 Å². The summed E-state index contributed by atoms with van der Waals surface area (Å²) in [5.74, 6) is 0.706. The number of benzene rings is 3. The molecule has 0 bridgehead atoms. The van der Waals surface area contributed by atoms with E-state index >= 15 is 0 Å². The van der Waals surface area contributed by atoms with Crippen molar-refractivity contribution in [2.45, 2.75) is 13.0 Å². The van der Waals surface area contributed by atoms with Gasteiger partial charge in [-0.2, -0.15) is 0 Å². The van der Waals surface area contributed by atoms with E-state index in [2.05, 4.69) is 12.1 Å². The van der Waals surface area contributed by atoms with Crippen molar-refractivity contribution in [1.29, 1.82) is 0 Å². The highest BCUT2D eigenvalue weighted by Gasteiger charge is 2.15. The van der Waals surface area contributed by atoms with Crippen molar-refractivity contribution in [3.8, 4) is 5.75 Å². The zero-order valence-corrected chi connectivity index (χ0v) is 14.8. The lowest BCUT2D eigenvalue weighted by Gasteiger charge is -2.23. The summed E-state index contributed by atoms with van der Waals surface area (Å²) in [4.78, 5) is 14.6. The number of carbonyl (C=O) groups is 1. The van der Waals surface area contributed by atoms with Crippen molar-refractivity contribution in [2.24, 2.45) is 0 Å². The smallest absolute Gasteiger partial charge is 0.260 e. The van der Waals surface area contributed by atoms with E-state index in [4.69, 9.17) is 4.74 Å². The van der Waals surface area contributed by atoms with Crippen LogP contribution in [-0.2, 0) is 17.8 Å². The lowest BCUT2D eigenvalue weighted by molar-refractivity contribution is -0.134. The number of hydrogen-bond acceptors (Lipinski definition) is 2. The number of nitrogens with zero attached hydrogens (tertiary/aromatic N) is 1. The summed E-state index contributed by atoms with van der Waals surface area (Å²) in [5.41, 5.74) is 2.34.